The molecule has 5 heteroatoms. The van der Waals surface area contributed by atoms with Gasteiger partial charge in [-0.05, 0) is 48.3 Å². The largest absolute Gasteiger partial charge is 0.486 e. The third-order valence-electron chi connectivity index (χ3n) is 4.06. The smallest absolute Gasteiger partial charge is 0.161 e. The van der Waals surface area contributed by atoms with Crippen LogP contribution in [0.5, 0.6) is 11.5 Å². The Labute approximate surface area is 139 Å². The average molecular weight is 324 g/mol. The topological polar surface area (TPSA) is 43.7 Å². The maximum Gasteiger partial charge on any atom is 0.161 e. The number of halogens is 1. The Kier molecular flexibility index (Phi) is 3.99. The first-order chi connectivity index (χ1) is 11.8. The number of aromatic nitrogens is 1. The Morgan fingerprint density at radius 2 is 1.92 bits per heavy atom. The maximum atomic E-state index is 13.5. The third kappa shape index (κ3) is 3.02. The summed E-state index contributed by atoms with van der Waals surface area (Å²) >= 11 is 0. The van der Waals surface area contributed by atoms with Crippen molar-refractivity contribution in [2.45, 2.75) is 12.8 Å². The molecule has 24 heavy (non-hydrogen) atoms. The lowest BCUT2D eigenvalue weighted by Crippen LogP contribution is -2.15. The molecule has 0 amide bonds. The van der Waals surface area contributed by atoms with E-state index in [1.165, 1.54) is 12.3 Å². The zero-order chi connectivity index (χ0) is 16.4. The van der Waals surface area contributed by atoms with E-state index in [-0.39, 0.29) is 5.82 Å². The van der Waals surface area contributed by atoms with Crippen LogP contribution in [0.15, 0.2) is 47.2 Å². The van der Waals surface area contributed by atoms with Gasteiger partial charge in [-0.1, -0.05) is 6.07 Å². The van der Waals surface area contributed by atoms with E-state index in [0.29, 0.717) is 13.2 Å². The number of benzene rings is 1. The lowest BCUT2D eigenvalue weighted by Gasteiger charge is -2.19. The van der Waals surface area contributed by atoms with E-state index in [1.807, 2.05) is 18.2 Å². The summed E-state index contributed by atoms with van der Waals surface area (Å²) < 4.78 is 24.7. The van der Waals surface area contributed by atoms with Crippen LogP contribution in [0.1, 0.15) is 24.0 Å². The molecule has 0 spiro atoms. The summed E-state index contributed by atoms with van der Waals surface area (Å²) in [7, 11) is 0. The zero-order valence-corrected chi connectivity index (χ0v) is 13.2. The van der Waals surface area contributed by atoms with Crippen molar-refractivity contribution < 1.29 is 13.9 Å². The summed E-state index contributed by atoms with van der Waals surface area (Å²) in [5, 5.41) is 0. The van der Waals surface area contributed by atoms with Crippen molar-refractivity contribution in [1.82, 2.24) is 4.98 Å². The molecule has 0 atom stereocenters. The van der Waals surface area contributed by atoms with Crippen LogP contribution in [0, 0.1) is 5.82 Å². The van der Waals surface area contributed by atoms with Crippen molar-refractivity contribution in [1.29, 1.82) is 0 Å². The SMILES string of the molecule is Fc1cncc(C2=NCCC/C2=C\c2ccc3c(c2)OCCO3)c1. The van der Waals surface area contributed by atoms with Crippen molar-refractivity contribution in [3.63, 3.8) is 0 Å². The lowest BCUT2D eigenvalue weighted by molar-refractivity contribution is 0.171. The molecule has 2 aliphatic heterocycles. The van der Waals surface area contributed by atoms with Crippen LogP contribution in [0.25, 0.3) is 6.08 Å². The number of aliphatic imine (C=N–C) groups is 1. The zero-order valence-electron chi connectivity index (χ0n) is 13.2. The van der Waals surface area contributed by atoms with Crippen LogP contribution in [0.3, 0.4) is 0 Å². The quantitative estimate of drug-likeness (QED) is 0.847. The number of hydrogen-bond acceptors (Lipinski definition) is 4. The number of nitrogens with zero attached hydrogens (tertiary/aromatic N) is 2. The Balaban J connectivity index is 1.70. The van der Waals surface area contributed by atoms with Crippen LogP contribution in [0.2, 0.25) is 0 Å². The van der Waals surface area contributed by atoms with Crippen molar-refractivity contribution in [3.05, 3.63) is 59.2 Å². The highest BCUT2D eigenvalue weighted by Gasteiger charge is 2.16. The van der Waals surface area contributed by atoms with Gasteiger partial charge in [0.2, 0.25) is 0 Å². The average Bonchev–Trinajstić information content (AvgIpc) is 2.62. The van der Waals surface area contributed by atoms with Gasteiger partial charge >= 0.3 is 0 Å². The Morgan fingerprint density at radius 3 is 2.79 bits per heavy atom. The van der Waals surface area contributed by atoms with Crippen molar-refractivity contribution in [3.8, 4) is 11.5 Å². The normalized spacial score (nSPS) is 18.4. The molecule has 0 saturated heterocycles. The third-order valence-corrected chi connectivity index (χ3v) is 4.06. The molecule has 0 fully saturated rings. The molecule has 2 aliphatic rings. The molecular weight excluding hydrogens is 307 g/mol. The van der Waals surface area contributed by atoms with Gasteiger partial charge in [0, 0.05) is 18.3 Å². The Hall–Kier alpha value is -2.69. The first-order valence-corrected chi connectivity index (χ1v) is 8.05. The van der Waals surface area contributed by atoms with Crippen molar-refractivity contribution >= 4 is 11.8 Å². The van der Waals surface area contributed by atoms with E-state index in [1.54, 1.807) is 6.20 Å². The van der Waals surface area contributed by atoms with Crippen LogP contribution in [-0.2, 0) is 0 Å². The highest BCUT2D eigenvalue weighted by molar-refractivity contribution is 6.15. The van der Waals surface area contributed by atoms with Gasteiger partial charge in [0.25, 0.3) is 0 Å². The molecule has 2 aromatic rings. The van der Waals surface area contributed by atoms with Crippen LogP contribution >= 0.6 is 0 Å². The predicted molar refractivity (Wildman–Crippen MR) is 90.2 cm³/mol. The number of rotatable bonds is 2. The highest BCUT2D eigenvalue weighted by Crippen LogP contribution is 2.32. The van der Waals surface area contributed by atoms with E-state index in [0.717, 1.165) is 53.3 Å². The number of allylic oxidation sites excluding steroid dienone is 1. The molecule has 0 radical (unpaired) electrons. The second kappa shape index (κ2) is 6.43. The fourth-order valence-electron chi connectivity index (χ4n) is 2.99. The predicted octanol–water partition coefficient (Wildman–Crippen LogP) is 3.66. The summed E-state index contributed by atoms with van der Waals surface area (Å²) in [6.45, 7) is 1.90. The molecule has 0 saturated carbocycles. The first-order valence-electron chi connectivity index (χ1n) is 8.05. The van der Waals surface area contributed by atoms with Gasteiger partial charge in [0.05, 0.1) is 11.9 Å². The van der Waals surface area contributed by atoms with Gasteiger partial charge in [-0.25, -0.2) is 4.39 Å². The molecular formula is C19H17FN2O2. The van der Waals surface area contributed by atoms with Gasteiger partial charge in [-0.3, -0.25) is 9.98 Å². The van der Waals surface area contributed by atoms with Gasteiger partial charge in [0.15, 0.2) is 11.5 Å². The molecule has 4 nitrogen and oxygen atoms in total. The number of ether oxygens (including phenoxy) is 2. The van der Waals surface area contributed by atoms with Crippen LogP contribution in [-0.4, -0.2) is 30.5 Å². The van der Waals surface area contributed by atoms with Crippen LogP contribution < -0.4 is 9.47 Å². The standard InChI is InChI=1S/C19H17FN2O2/c20-16-10-15(11-21-12-16)19-14(2-1-5-22-19)8-13-3-4-17-18(9-13)24-7-6-23-17/h3-4,8-12H,1-2,5-7H2/b14-8+. The summed E-state index contributed by atoms with van der Waals surface area (Å²) in [5.74, 6) is 1.19. The maximum absolute atomic E-state index is 13.5. The van der Waals surface area contributed by atoms with E-state index < -0.39 is 0 Å². The van der Waals surface area contributed by atoms with Crippen molar-refractivity contribution in [2.24, 2.45) is 4.99 Å². The molecule has 3 heterocycles. The Morgan fingerprint density at radius 1 is 1.04 bits per heavy atom. The minimum atomic E-state index is -0.348. The fraction of sp³-hybridized carbons (Fsp3) is 0.263. The minimum absolute atomic E-state index is 0.348. The molecule has 1 aromatic carbocycles. The molecule has 1 aromatic heterocycles. The van der Waals surface area contributed by atoms with E-state index in [9.17, 15) is 4.39 Å². The molecule has 0 bridgehead atoms. The summed E-state index contributed by atoms with van der Waals surface area (Å²) in [6.07, 6.45) is 6.84. The number of fused-ring (bicyclic) bond motifs is 1. The number of pyridine rings is 1. The van der Waals surface area contributed by atoms with Gasteiger partial charge in [-0.15, -0.1) is 0 Å². The van der Waals surface area contributed by atoms with Gasteiger partial charge in [0.1, 0.15) is 19.0 Å². The first kappa shape index (κ1) is 14.9. The van der Waals surface area contributed by atoms with Gasteiger partial charge < -0.3 is 9.47 Å². The lowest BCUT2D eigenvalue weighted by atomic mass is 9.95. The van der Waals surface area contributed by atoms with E-state index in [4.69, 9.17) is 9.47 Å². The van der Waals surface area contributed by atoms with Crippen molar-refractivity contribution in [2.75, 3.05) is 19.8 Å². The van der Waals surface area contributed by atoms with E-state index >= 15 is 0 Å². The minimum Gasteiger partial charge on any atom is -0.486 e. The molecule has 0 unspecified atom stereocenters. The fourth-order valence-corrected chi connectivity index (χ4v) is 2.99. The van der Waals surface area contributed by atoms with Gasteiger partial charge in [-0.2, -0.15) is 0 Å². The van der Waals surface area contributed by atoms with E-state index in [2.05, 4.69) is 16.1 Å². The Bertz CT molecular complexity index is 830. The molecule has 122 valence electrons. The monoisotopic (exact) mass is 324 g/mol. The second-order valence-corrected chi connectivity index (χ2v) is 5.80. The summed E-state index contributed by atoms with van der Waals surface area (Å²) in [4.78, 5) is 8.53. The van der Waals surface area contributed by atoms with Crippen LogP contribution in [0.4, 0.5) is 4.39 Å². The summed E-state index contributed by atoms with van der Waals surface area (Å²) in [5.41, 5.74) is 3.65. The molecule has 4 rings (SSSR count). The molecule has 0 N–H and O–H groups in total. The number of hydrogen-bond donors (Lipinski definition) is 0. The second-order valence-electron chi connectivity index (χ2n) is 5.80. The summed E-state index contributed by atoms with van der Waals surface area (Å²) in [6, 6.07) is 7.37. The highest BCUT2D eigenvalue weighted by atomic mass is 19.1. The molecule has 0 aliphatic carbocycles.